The van der Waals surface area contributed by atoms with Gasteiger partial charge in [0.2, 0.25) is 0 Å². The molecule has 0 saturated carbocycles. The van der Waals surface area contributed by atoms with Gasteiger partial charge in [0.15, 0.2) is 5.82 Å². The molecule has 3 aromatic heterocycles. The first-order chi connectivity index (χ1) is 8.78. The lowest BCUT2D eigenvalue weighted by Crippen LogP contribution is -1.92. The van der Waals surface area contributed by atoms with Crippen LogP contribution in [-0.2, 0) is 6.42 Å². The third kappa shape index (κ3) is 1.95. The lowest BCUT2D eigenvalue weighted by atomic mass is 10.3. The molecule has 0 spiro atoms. The summed E-state index contributed by atoms with van der Waals surface area (Å²) in [6, 6.07) is 3.82. The molecule has 3 heterocycles. The molecule has 0 saturated heterocycles. The minimum absolute atomic E-state index is 0.476. The second-order valence-electron chi connectivity index (χ2n) is 3.72. The van der Waals surface area contributed by atoms with E-state index in [-0.39, 0.29) is 0 Å². The van der Waals surface area contributed by atoms with Gasteiger partial charge in [-0.15, -0.1) is 11.3 Å². The largest absolute Gasteiger partial charge is 0.245 e. The average molecular weight is 277 g/mol. The van der Waals surface area contributed by atoms with Gasteiger partial charge in [0.25, 0.3) is 0 Å². The van der Waals surface area contributed by atoms with Gasteiger partial charge in [-0.2, -0.15) is 0 Å². The highest BCUT2D eigenvalue weighted by Crippen LogP contribution is 2.30. The van der Waals surface area contributed by atoms with E-state index in [1.807, 2.05) is 6.07 Å². The number of hydrogen-bond acceptors (Lipinski definition) is 5. The summed E-state index contributed by atoms with van der Waals surface area (Å²) in [6.07, 6.45) is 4.11. The van der Waals surface area contributed by atoms with Gasteiger partial charge in [-0.05, 0) is 18.6 Å². The molecule has 4 nitrogen and oxygen atoms in total. The molecule has 0 amide bonds. The van der Waals surface area contributed by atoms with Crippen molar-refractivity contribution in [1.29, 1.82) is 0 Å². The Morgan fingerprint density at radius 3 is 2.94 bits per heavy atom. The van der Waals surface area contributed by atoms with Crippen LogP contribution in [0.15, 0.2) is 24.7 Å². The highest BCUT2D eigenvalue weighted by atomic mass is 35.5. The van der Waals surface area contributed by atoms with E-state index in [0.29, 0.717) is 16.7 Å². The molecular formula is C12H9ClN4S. The predicted octanol–water partition coefficient (Wildman–Crippen LogP) is 3.36. The zero-order chi connectivity index (χ0) is 12.5. The van der Waals surface area contributed by atoms with Gasteiger partial charge in [-0.1, -0.05) is 18.5 Å². The Bertz CT molecular complexity index is 696. The van der Waals surface area contributed by atoms with Crippen LogP contribution >= 0.6 is 22.9 Å². The third-order valence-corrected chi connectivity index (χ3v) is 4.02. The number of thiophene rings is 1. The molecule has 0 atom stereocenters. The fraction of sp³-hybridized carbons (Fsp3) is 0.167. The van der Waals surface area contributed by atoms with E-state index >= 15 is 0 Å². The molecule has 0 unspecified atom stereocenters. The third-order valence-electron chi connectivity index (χ3n) is 2.56. The summed E-state index contributed by atoms with van der Waals surface area (Å²) in [7, 11) is 0. The van der Waals surface area contributed by atoms with Crippen LogP contribution < -0.4 is 0 Å². The number of aryl methyl sites for hydroxylation is 1. The summed E-state index contributed by atoms with van der Waals surface area (Å²) in [5.41, 5.74) is 0.681. The van der Waals surface area contributed by atoms with E-state index < -0.39 is 0 Å². The predicted molar refractivity (Wildman–Crippen MR) is 72.8 cm³/mol. The van der Waals surface area contributed by atoms with Crippen molar-refractivity contribution < 1.29 is 0 Å². The lowest BCUT2D eigenvalue weighted by Gasteiger charge is -1.99. The first kappa shape index (κ1) is 11.5. The van der Waals surface area contributed by atoms with Crippen molar-refractivity contribution in [2.75, 3.05) is 0 Å². The van der Waals surface area contributed by atoms with Gasteiger partial charge in [-0.3, -0.25) is 0 Å². The zero-order valence-corrected chi connectivity index (χ0v) is 11.2. The Kier molecular flexibility index (Phi) is 2.93. The van der Waals surface area contributed by atoms with E-state index in [0.717, 1.165) is 16.6 Å². The molecule has 0 aromatic carbocycles. The van der Waals surface area contributed by atoms with Gasteiger partial charge >= 0.3 is 0 Å². The maximum Gasteiger partial charge on any atom is 0.181 e. The first-order valence-electron chi connectivity index (χ1n) is 5.50. The molecule has 6 heteroatoms. The van der Waals surface area contributed by atoms with E-state index in [9.17, 15) is 0 Å². The molecule has 0 fully saturated rings. The van der Waals surface area contributed by atoms with Crippen LogP contribution in [0.25, 0.3) is 21.7 Å². The topological polar surface area (TPSA) is 51.6 Å². The molecule has 3 aromatic rings. The number of aromatic nitrogens is 4. The van der Waals surface area contributed by atoms with Gasteiger partial charge in [0.05, 0.1) is 0 Å². The van der Waals surface area contributed by atoms with E-state index in [1.54, 1.807) is 23.6 Å². The molecule has 18 heavy (non-hydrogen) atoms. The Balaban J connectivity index is 2.21. The van der Waals surface area contributed by atoms with Gasteiger partial charge in [0.1, 0.15) is 22.0 Å². The minimum Gasteiger partial charge on any atom is -0.245 e. The number of rotatable bonds is 2. The molecule has 3 rings (SSSR count). The molecule has 90 valence electrons. The highest BCUT2D eigenvalue weighted by Gasteiger charge is 2.11. The smallest absolute Gasteiger partial charge is 0.181 e. The normalized spacial score (nSPS) is 11.0. The van der Waals surface area contributed by atoms with Crippen LogP contribution in [-0.4, -0.2) is 19.9 Å². The molecular weight excluding hydrogens is 268 g/mol. The standard InChI is InChI=1S/C12H9ClN4S/c1-2-7-5-8-10(13)16-11(17-12(8)18-7)9-3-4-14-6-15-9/h3-6H,2H2,1H3. The van der Waals surface area contributed by atoms with Crippen molar-refractivity contribution >= 4 is 33.2 Å². The second-order valence-corrected chi connectivity index (χ2v) is 5.19. The Morgan fingerprint density at radius 2 is 2.22 bits per heavy atom. The van der Waals surface area contributed by atoms with Crippen LogP contribution in [0.1, 0.15) is 11.8 Å². The number of fused-ring (bicyclic) bond motifs is 1. The molecule has 0 aliphatic heterocycles. The summed E-state index contributed by atoms with van der Waals surface area (Å²) in [5.74, 6) is 0.541. The summed E-state index contributed by atoms with van der Waals surface area (Å²) in [4.78, 5) is 19.0. The SMILES string of the molecule is CCc1cc2c(Cl)nc(-c3ccncn3)nc2s1. The van der Waals surface area contributed by atoms with E-state index in [4.69, 9.17) is 11.6 Å². The molecule has 0 bridgehead atoms. The zero-order valence-electron chi connectivity index (χ0n) is 9.59. The number of nitrogens with zero attached hydrogens (tertiary/aromatic N) is 4. The van der Waals surface area contributed by atoms with Crippen LogP contribution in [0.3, 0.4) is 0 Å². The van der Waals surface area contributed by atoms with E-state index in [1.165, 1.54) is 11.2 Å². The van der Waals surface area contributed by atoms with Crippen molar-refractivity contribution in [1.82, 2.24) is 19.9 Å². The first-order valence-corrected chi connectivity index (χ1v) is 6.69. The van der Waals surface area contributed by atoms with Crippen LogP contribution in [0.2, 0.25) is 5.15 Å². The fourth-order valence-corrected chi connectivity index (χ4v) is 2.90. The van der Waals surface area contributed by atoms with E-state index in [2.05, 4.69) is 26.9 Å². The quantitative estimate of drug-likeness (QED) is 0.674. The maximum atomic E-state index is 6.19. The Hall–Kier alpha value is -1.59. The number of hydrogen-bond donors (Lipinski definition) is 0. The molecule has 0 aliphatic rings. The Morgan fingerprint density at radius 1 is 1.33 bits per heavy atom. The second kappa shape index (κ2) is 4.59. The van der Waals surface area contributed by atoms with Crippen molar-refractivity contribution in [2.45, 2.75) is 13.3 Å². The average Bonchev–Trinajstić information content (AvgIpc) is 2.83. The Labute approximate surface area is 113 Å². The molecule has 0 aliphatic carbocycles. The van der Waals surface area contributed by atoms with Crippen molar-refractivity contribution in [2.24, 2.45) is 0 Å². The summed E-state index contributed by atoms with van der Waals surface area (Å²) >= 11 is 7.84. The molecule has 0 radical (unpaired) electrons. The number of halogens is 1. The fourth-order valence-electron chi connectivity index (χ4n) is 1.65. The summed E-state index contributed by atoms with van der Waals surface area (Å²) in [6.45, 7) is 2.11. The molecule has 0 N–H and O–H groups in total. The minimum atomic E-state index is 0.476. The monoisotopic (exact) mass is 276 g/mol. The van der Waals surface area contributed by atoms with Crippen molar-refractivity contribution in [3.8, 4) is 11.5 Å². The van der Waals surface area contributed by atoms with Gasteiger partial charge in [0, 0.05) is 16.5 Å². The maximum absolute atomic E-state index is 6.19. The van der Waals surface area contributed by atoms with Crippen LogP contribution in [0.5, 0.6) is 0 Å². The van der Waals surface area contributed by atoms with Gasteiger partial charge in [-0.25, -0.2) is 19.9 Å². The highest BCUT2D eigenvalue weighted by molar-refractivity contribution is 7.18. The lowest BCUT2D eigenvalue weighted by molar-refractivity contribution is 1.12. The summed E-state index contributed by atoms with van der Waals surface area (Å²) < 4.78 is 0. The van der Waals surface area contributed by atoms with Crippen molar-refractivity contribution in [3.05, 3.63) is 34.7 Å². The van der Waals surface area contributed by atoms with Crippen LogP contribution in [0.4, 0.5) is 0 Å². The van der Waals surface area contributed by atoms with Gasteiger partial charge < -0.3 is 0 Å². The van der Waals surface area contributed by atoms with Crippen LogP contribution in [0, 0.1) is 0 Å². The summed E-state index contributed by atoms with van der Waals surface area (Å²) in [5, 5.41) is 1.39. The van der Waals surface area contributed by atoms with Crippen molar-refractivity contribution in [3.63, 3.8) is 0 Å².